The third kappa shape index (κ3) is 3.56. The van der Waals surface area contributed by atoms with E-state index in [-0.39, 0.29) is 17.5 Å². The highest BCUT2D eigenvalue weighted by molar-refractivity contribution is 5.92. The number of carbonyl (C=O) groups is 1. The lowest BCUT2D eigenvalue weighted by atomic mass is 10.1. The van der Waals surface area contributed by atoms with Crippen molar-refractivity contribution in [3.63, 3.8) is 0 Å². The van der Waals surface area contributed by atoms with E-state index in [1.807, 2.05) is 17.9 Å². The fourth-order valence-corrected chi connectivity index (χ4v) is 2.88. The summed E-state index contributed by atoms with van der Waals surface area (Å²) < 4.78 is 18.7. The number of aromatic amines is 1. The van der Waals surface area contributed by atoms with Gasteiger partial charge >= 0.3 is 0 Å². The molecule has 0 aliphatic carbocycles. The van der Waals surface area contributed by atoms with Gasteiger partial charge < -0.3 is 14.6 Å². The lowest BCUT2D eigenvalue weighted by Crippen LogP contribution is -2.48. The van der Waals surface area contributed by atoms with E-state index >= 15 is 0 Å². The summed E-state index contributed by atoms with van der Waals surface area (Å²) in [6, 6.07) is 5.02. The summed E-state index contributed by atoms with van der Waals surface area (Å²) in [7, 11) is 1.45. The van der Waals surface area contributed by atoms with Crippen LogP contribution in [-0.2, 0) is 6.54 Å². The Kier molecular flexibility index (Phi) is 4.80. The van der Waals surface area contributed by atoms with Crippen LogP contribution in [0.15, 0.2) is 24.4 Å². The van der Waals surface area contributed by atoms with Crippen LogP contribution in [0.5, 0.6) is 5.75 Å². The number of hydrogen-bond acceptors (Lipinski definition) is 4. The van der Waals surface area contributed by atoms with Crippen molar-refractivity contribution in [1.82, 2.24) is 19.8 Å². The Morgan fingerprint density at radius 1 is 1.33 bits per heavy atom. The number of carbonyl (C=O) groups excluding carboxylic acids is 1. The predicted octanol–water partition coefficient (Wildman–Crippen LogP) is 1.82. The highest BCUT2D eigenvalue weighted by Gasteiger charge is 2.23. The first-order valence-electron chi connectivity index (χ1n) is 7.92. The minimum absolute atomic E-state index is 0.0225. The second-order valence-corrected chi connectivity index (χ2v) is 5.92. The molecular formula is C17H21FN4O2. The maximum Gasteiger partial charge on any atom is 0.272 e. The fraction of sp³-hybridized carbons (Fsp3) is 0.412. The van der Waals surface area contributed by atoms with Crippen LogP contribution in [0, 0.1) is 12.7 Å². The molecular weight excluding hydrogens is 311 g/mol. The highest BCUT2D eigenvalue weighted by Crippen LogP contribution is 2.19. The summed E-state index contributed by atoms with van der Waals surface area (Å²) in [6.07, 6.45) is 1.57. The summed E-state index contributed by atoms with van der Waals surface area (Å²) in [5.74, 6) is 0.617. The number of hydrogen-bond donors (Lipinski definition) is 1. The number of methoxy groups -OCH3 is 1. The summed E-state index contributed by atoms with van der Waals surface area (Å²) >= 11 is 0. The number of piperazine rings is 1. The molecule has 1 aliphatic heterocycles. The molecule has 0 saturated carbocycles. The molecule has 1 fully saturated rings. The van der Waals surface area contributed by atoms with Gasteiger partial charge in [-0.1, -0.05) is 6.07 Å². The van der Waals surface area contributed by atoms with Gasteiger partial charge in [-0.2, -0.15) is 0 Å². The molecule has 1 saturated heterocycles. The maximum absolute atomic E-state index is 13.8. The van der Waals surface area contributed by atoms with Crippen LogP contribution in [0.4, 0.5) is 4.39 Å². The Morgan fingerprint density at radius 3 is 2.67 bits per heavy atom. The smallest absolute Gasteiger partial charge is 0.272 e. The van der Waals surface area contributed by atoms with Gasteiger partial charge in [0.05, 0.1) is 13.3 Å². The van der Waals surface area contributed by atoms with Crippen LogP contribution >= 0.6 is 0 Å². The van der Waals surface area contributed by atoms with Crippen molar-refractivity contribution in [1.29, 1.82) is 0 Å². The third-order valence-corrected chi connectivity index (χ3v) is 4.22. The first-order valence-corrected chi connectivity index (χ1v) is 7.92. The molecule has 0 spiro atoms. The first-order chi connectivity index (χ1) is 11.6. The van der Waals surface area contributed by atoms with Crippen LogP contribution in [-0.4, -0.2) is 59.0 Å². The van der Waals surface area contributed by atoms with E-state index in [1.54, 1.807) is 12.3 Å². The summed E-state index contributed by atoms with van der Waals surface area (Å²) in [5.41, 5.74) is 1.43. The molecule has 0 unspecified atom stereocenters. The number of H-pyrrole nitrogens is 1. The number of imidazole rings is 1. The zero-order valence-electron chi connectivity index (χ0n) is 13.9. The van der Waals surface area contributed by atoms with Crippen molar-refractivity contribution in [2.75, 3.05) is 33.3 Å². The lowest BCUT2D eigenvalue weighted by molar-refractivity contribution is 0.0623. The van der Waals surface area contributed by atoms with E-state index in [4.69, 9.17) is 4.74 Å². The van der Waals surface area contributed by atoms with E-state index in [0.717, 1.165) is 24.5 Å². The van der Waals surface area contributed by atoms with Crippen LogP contribution in [0.2, 0.25) is 0 Å². The quantitative estimate of drug-likeness (QED) is 0.928. The minimum atomic E-state index is -0.349. The number of nitrogens with one attached hydrogen (secondary N) is 1. The molecule has 1 N–H and O–H groups in total. The van der Waals surface area contributed by atoms with Gasteiger partial charge in [0, 0.05) is 32.7 Å². The van der Waals surface area contributed by atoms with Crippen LogP contribution in [0.3, 0.4) is 0 Å². The minimum Gasteiger partial charge on any atom is -0.494 e. The van der Waals surface area contributed by atoms with E-state index in [1.165, 1.54) is 13.2 Å². The Balaban J connectivity index is 1.55. The van der Waals surface area contributed by atoms with Crippen LogP contribution in [0.1, 0.15) is 21.9 Å². The Morgan fingerprint density at radius 2 is 2.08 bits per heavy atom. The second-order valence-electron chi connectivity index (χ2n) is 5.92. The van der Waals surface area contributed by atoms with Gasteiger partial charge in [0.2, 0.25) is 0 Å². The maximum atomic E-state index is 13.8. The number of halogens is 1. The summed E-state index contributed by atoms with van der Waals surface area (Å²) in [5, 5.41) is 0. The van der Waals surface area contributed by atoms with Crippen molar-refractivity contribution in [2.24, 2.45) is 0 Å². The molecule has 1 amide bonds. The van der Waals surface area contributed by atoms with Crippen molar-refractivity contribution in [2.45, 2.75) is 13.5 Å². The molecule has 0 radical (unpaired) electrons. The zero-order chi connectivity index (χ0) is 17.1. The van der Waals surface area contributed by atoms with Crippen LogP contribution in [0.25, 0.3) is 0 Å². The molecule has 0 atom stereocenters. The number of nitrogens with zero attached hydrogens (tertiary/aromatic N) is 3. The molecule has 128 valence electrons. The van der Waals surface area contributed by atoms with Crippen molar-refractivity contribution in [3.05, 3.63) is 47.3 Å². The fourth-order valence-electron chi connectivity index (χ4n) is 2.88. The zero-order valence-corrected chi connectivity index (χ0v) is 13.9. The number of rotatable bonds is 4. The molecule has 24 heavy (non-hydrogen) atoms. The summed E-state index contributed by atoms with van der Waals surface area (Å²) in [4.78, 5) is 23.4. The van der Waals surface area contributed by atoms with Crippen molar-refractivity contribution in [3.8, 4) is 5.75 Å². The Labute approximate surface area is 140 Å². The lowest BCUT2D eigenvalue weighted by Gasteiger charge is -2.34. The molecule has 2 heterocycles. The molecule has 6 nitrogen and oxygen atoms in total. The molecule has 1 aliphatic rings. The topological polar surface area (TPSA) is 61.5 Å². The summed E-state index contributed by atoms with van der Waals surface area (Å²) in [6.45, 7) is 5.29. The average Bonchev–Trinajstić information content (AvgIpc) is 3.02. The normalized spacial score (nSPS) is 15.5. The van der Waals surface area contributed by atoms with Gasteiger partial charge in [0.25, 0.3) is 5.91 Å². The number of benzene rings is 1. The molecule has 7 heteroatoms. The van der Waals surface area contributed by atoms with E-state index < -0.39 is 0 Å². The molecule has 1 aromatic heterocycles. The van der Waals surface area contributed by atoms with Gasteiger partial charge in [0.15, 0.2) is 11.6 Å². The van der Waals surface area contributed by atoms with E-state index in [2.05, 4.69) is 14.9 Å². The molecule has 0 bridgehead atoms. The van der Waals surface area contributed by atoms with Crippen molar-refractivity contribution < 1.29 is 13.9 Å². The van der Waals surface area contributed by atoms with Crippen LogP contribution < -0.4 is 4.74 Å². The number of amides is 1. The average molecular weight is 332 g/mol. The monoisotopic (exact) mass is 332 g/mol. The number of ether oxygens (including phenoxy) is 1. The molecule has 3 rings (SSSR count). The largest absolute Gasteiger partial charge is 0.494 e. The second kappa shape index (κ2) is 7.00. The Bertz CT molecular complexity index is 723. The first kappa shape index (κ1) is 16.4. The van der Waals surface area contributed by atoms with Gasteiger partial charge in [-0.05, 0) is 24.6 Å². The number of aromatic nitrogens is 2. The number of aryl methyl sites for hydroxylation is 1. The highest BCUT2D eigenvalue weighted by atomic mass is 19.1. The predicted molar refractivity (Wildman–Crippen MR) is 87.5 cm³/mol. The molecule has 2 aromatic rings. The standard InChI is InChI=1S/C17H21FN4O2/c1-12-19-10-15(20-12)17(23)22-7-5-21(6-8-22)11-13-3-4-16(24-2)14(18)9-13/h3-4,9-10H,5-8,11H2,1-2H3,(H,19,20). The SMILES string of the molecule is COc1ccc(CN2CCN(C(=O)c3cnc(C)[nH]3)CC2)cc1F. The van der Waals surface area contributed by atoms with Gasteiger partial charge in [-0.25, -0.2) is 9.37 Å². The molecule has 1 aromatic carbocycles. The van der Waals surface area contributed by atoms with Gasteiger partial charge in [0.1, 0.15) is 11.5 Å². The van der Waals surface area contributed by atoms with E-state index in [0.29, 0.717) is 25.3 Å². The van der Waals surface area contributed by atoms with E-state index in [9.17, 15) is 9.18 Å². The van der Waals surface area contributed by atoms with Gasteiger partial charge in [-0.15, -0.1) is 0 Å². The van der Waals surface area contributed by atoms with Crippen molar-refractivity contribution >= 4 is 5.91 Å². The Hall–Kier alpha value is -2.41. The van der Waals surface area contributed by atoms with Gasteiger partial charge in [-0.3, -0.25) is 9.69 Å². The third-order valence-electron chi connectivity index (χ3n) is 4.22.